The molecule has 0 aliphatic carbocycles. The van der Waals surface area contributed by atoms with Crippen molar-refractivity contribution in [1.82, 2.24) is 4.90 Å². The number of likely N-dealkylation sites (tertiary alicyclic amines) is 1. The molecule has 0 aromatic heterocycles. The normalized spacial score (nSPS) is 28.2. The van der Waals surface area contributed by atoms with Gasteiger partial charge in [-0.1, -0.05) is 6.42 Å². The van der Waals surface area contributed by atoms with Crippen molar-refractivity contribution in [2.75, 3.05) is 13.2 Å². The third-order valence-electron chi connectivity index (χ3n) is 2.70. The predicted octanol–water partition coefficient (Wildman–Crippen LogP) is 1.88. The molecule has 2 nitrogen and oxygen atoms in total. The van der Waals surface area contributed by atoms with Gasteiger partial charge in [-0.25, -0.2) is 0 Å². The van der Waals surface area contributed by atoms with E-state index in [4.69, 9.17) is 2.97 Å². The fourth-order valence-electron chi connectivity index (χ4n) is 2.07. The van der Waals surface area contributed by atoms with Crippen LogP contribution in [0.15, 0.2) is 0 Å². The highest BCUT2D eigenvalue weighted by atomic mass is 16.3. The van der Waals surface area contributed by atoms with Crippen molar-refractivity contribution in [2.24, 2.45) is 0 Å². The second-order valence-corrected chi connectivity index (χ2v) is 4.70. The highest BCUT2D eigenvalue weighted by Crippen LogP contribution is 2.24. The Bertz CT molecular complexity index is 148. The van der Waals surface area contributed by atoms with Crippen LogP contribution in [0, 0.1) is 0 Å². The van der Waals surface area contributed by atoms with Gasteiger partial charge in [0.05, 0.1) is 6.61 Å². The van der Waals surface area contributed by atoms with Crippen LogP contribution < -0.4 is 0 Å². The van der Waals surface area contributed by atoms with Crippen LogP contribution in [0.5, 0.6) is 0 Å². The van der Waals surface area contributed by atoms with E-state index < -0.39 is 0 Å². The lowest BCUT2D eigenvalue weighted by Crippen LogP contribution is -2.52. The molecule has 2 heteroatoms. The molecular formula is C10H23NO. The molecule has 1 atom stereocenters. The molecule has 0 aromatic rings. The zero-order valence-electron chi connectivity index (χ0n) is 10.5. The van der Waals surface area contributed by atoms with E-state index in [0.717, 1.165) is 13.0 Å². The molecular weight excluding hydrogens is 150 g/mol. The minimum Gasteiger partial charge on any atom is -0.395 e. The first-order valence-corrected chi connectivity index (χ1v) is 4.93. The number of nitrogens with zero attached hydrogens (tertiary/aromatic N) is 1. The molecule has 0 bridgehead atoms. The summed E-state index contributed by atoms with van der Waals surface area (Å²) in [5.74, 6) is 0. The second kappa shape index (κ2) is 3.75. The van der Waals surface area contributed by atoms with Crippen LogP contribution >= 0.6 is 0 Å². The highest BCUT2D eigenvalue weighted by Gasteiger charge is 2.30. The first-order chi connectivity index (χ1) is 6.55. The molecule has 1 heterocycles. The Labute approximate surface area is 78.7 Å². The molecule has 1 fully saturated rings. The third kappa shape index (κ3) is 2.20. The van der Waals surface area contributed by atoms with Gasteiger partial charge < -0.3 is 5.11 Å². The second-order valence-electron chi connectivity index (χ2n) is 4.70. The van der Waals surface area contributed by atoms with E-state index >= 15 is 0 Å². The molecule has 1 aliphatic rings. The Morgan fingerprint density at radius 3 is 2.58 bits per heavy atom. The van der Waals surface area contributed by atoms with Crippen molar-refractivity contribution in [1.29, 1.82) is 0 Å². The van der Waals surface area contributed by atoms with Gasteiger partial charge >= 0.3 is 0 Å². The highest BCUT2D eigenvalue weighted by molar-refractivity contribution is 4.85. The maximum Gasteiger partial charge on any atom is 0.0587 e. The summed E-state index contributed by atoms with van der Waals surface area (Å²) < 4.78 is 10.0. The SMILES string of the molecule is CC(C)(C)N1CCCC[C@H]1CO.[2H][2H]. The van der Waals surface area contributed by atoms with Gasteiger partial charge in [0.15, 0.2) is 0 Å². The summed E-state index contributed by atoms with van der Waals surface area (Å²) >= 11 is 0. The standard InChI is InChI=1S/C10H21NO.H2/c1-10(2,3)11-7-5-4-6-9(11)8-12;/h9,12H,4-8H2,1-3H3;1H/t9-;/m0./s1/i;1+1D. The molecule has 0 saturated carbocycles. The maximum absolute atomic E-state index is 9.18. The minimum absolute atomic E-state index is 0.216. The van der Waals surface area contributed by atoms with E-state index in [0.29, 0.717) is 12.6 Å². The lowest BCUT2D eigenvalue weighted by atomic mass is 9.95. The van der Waals surface area contributed by atoms with Gasteiger partial charge in [0.2, 0.25) is 0 Å². The maximum atomic E-state index is 9.18. The van der Waals surface area contributed by atoms with Gasteiger partial charge in [-0.05, 0) is 40.2 Å². The summed E-state index contributed by atoms with van der Waals surface area (Å²) in [6, 6.07) is 0.402. The fourth-order valence-corrected chi connectivity index (χ4v) is 2.07. The van der Waals surface area contributed by atoms with E-state index in [1.54, 1.807) is 0 Å². The van der Waals surface area contributed by atoms with E-state index in [1.165, 1.54) is 12.8 Å². The minimum atomic E-state index is 0.216. The first kappa shape index (κ1) is 8.52. The molecule has 0 aromatic carbocycles. The van der Waals surface area contributed by atoms with E-state index in [2.05, 4.69) is 25.7 Å². The summed E-state index contributed by atoms with van der Waals surface area (Å²) in [5.41, 5.74) is 0.216. The van der Waals surface area contributed by atoms with Crippen molar-refractivity contribution in [3.05, 3.63) is 0 Å². The molecule has 0 radical (unpaired) electrons. The van der Waals surface area contributed by atoms with Crippen molar-refractivity contribution in [2.45, 2.75) is 51.6 Å². The van der Waals surface area contributed by atoms with E-state index in [9.17, 15) is 5.11 Å². The summed E-state index contributed by atoms with van der Waals surface area (Å²) in [6.45, 7) is 8.13. The molecule has 74 valence electrons. The zero-order valence-corrected chi connectivity index (χ0v) is 8.51. The van der Waals surface area contributed by atoms with Crippen LogP contribution in [0.2, 0.25) is 0 Å². The van der Waals surface area contributed by atoms with Gasteiger partial charge in [0.1, 0.15) is 0 Å². The van der Waals surface area contributed by atoms with Crippen LogP contribution in [0.4, 0.5) is 0 Å². The number of piperidine rings is 1. The van der Waals surface area contributed by atoms with Crippen molar-refractivity contribution < 1.29 is 8.08 Å². The number of hydrogen-bond acceptors (Lipinski definition) is 2. The molecule has 1 saturated heterocycles. The van der Waals surface area contributed by atoms with Crippen LogP contribution in [0.25, 0.3) is 0 Å². The summed E-state index contributed by atoms with van der Waals surface area (Å²) in [6.07, 6.45) is 3.72. The number of aliphatic hydroxyl groups excluding tert-OH is 1. The van der Waals surface area contributed by atoms with Gasteiger partial charge in [-0.15, -0.1) is 0 Å². The van der Waals surface area contributed by atoms with Crippen LogP contribution in [0.3, 0.4) is 0 Å². The number of rotatable bonds is 1. The lowest BCUT2D eigenvalue weighted by molar-refractivity contribution is 0.0203. The average Bonchev–Trinajstić information content (AvgIpc) is 2.19. The Kier molecular flexibility index (Phi) is 2.66. The van der Waals surface area contributed by atoms with E-state index in [-0.39, 0.29) is 5.54 Å². The molecule has 12 heavy (non-hydrogen) atoms. The van der Waals surface area contributed by atoms with Gasteiger partial charge in [-0.3, -0.25) is 4.90 Å². The fraction of sp³-hybridized carbons (Fsp3) is 1.00. The largest absolute Gasteiger partial charge is 0.395 e. The Morgan fingerprint density at radius 1 is 1.50 bits per heavy atom. The molecule has 0 unspecified atom stereocenters. The van der Waals surface area contributed by atoms with Crippen LogP contribution in [-0.2, 0) is 0 Å². The smallest absolute Gasteiger partial charge is 0.0587 e. The average molecular weight is 175 g/mol. The number of aliphatic hydroxyl groups is 1. The number of hydrogen-bond donors (Lipinski definition) is 1. The monoisotopic (exact) mass is 175 g/mol. The molecule has 0 amide bonds. The van der Waals surface area contributed by atoms with Crippen LogP contribution in [0.1, 0.15) is 43.0 Å². The third-order valence-corrected chi connectivity index (χ3v) is 2.70. The topological polar surface area (TPSA) is 23.5 Å². The summed E-state index contributed by atoms with van der Waals surface area (Å²) in [7, 11) is 0. The lowest BCUT2D eigenvalue weighted by Gasteiger charge is -2.43. The quantitative estimate of drug-likeness (QED) is 0.658. The van der Waals surface area contributed by atoms with Gasteiger partial charge in [0.25, 0.3) is 0 Å². The van der Waals surface area contributed by atoms with Crippen molar-refractivity contribution in [3.63, 3.8) is 0 Å². The molecule has 1 N–H and O–H groups in total. The molecule has 1 aliphatic heterocycles. The Balaban J connectivity index is 0.000000791. The van der Waals surface area contributed by atoms with Crippen LogP contribution in [-0.4, -0.2) is 34.7 Å². The zero-order chi connectivity index (χ0) is 11.2. The van der Waals surface area contributed by atoms with E-state index in [1.807, 2.05) is 0 Å². The molecule has 0 spiro atoms. The van der Waals surface area contributed by atoms with Gasteiger partial charge in [0, 0.05) is 14.6 Å². The van der Waals surface area contributed by atoms with Crippen molar-refractivity contribution in [3.8, 4) is 0 Å². The summed E-state index contributed by atoms with van der Waals surface area (Å²) in [4.78, 5) is 2.43. The Morgan fingerprint density at radius 2 is 2.17 bits per heavy atom. The predicted molar refractivity (Wildman–Crippen MR) is 53.3 cm³/mol. The Hall–Kier alpha value is -0.0800. The van der Waals surface area contributed by atoms with Gasteiger partial charge in [-0.2, -0.15) is 0 Å². The first-order valence-electron chi connectivity index (χ1n) is 5.93. The summed E-state index contributed by atoms with van der Waals surface area (Å²) in [5, 5.41) is 9.18. The molecule has 1 rings (SSSR count). The van der Waals surface area contributed by atoms with Crippen molar-refractivity contribution >= 4 is 0 Å².